The molecule has 0 bridgehead atoms. The van der Waals surface area contributed by atoms with E-state index in [0.29, 0.717) is 56.9 Å². The Morgan fingerprint density at radius 1 is 0.956 bits per heavy atom. The fourth-order valence-corrected chi connectivity index (χ4v) is 5.54. The van der Waals surface area contributed by atoms with Gasteiger partial charge in [-0.05, 0) is 59.0 Å². The van der Waals surface area contributed by atoms with E-state index in [-0.39, 0.29) is 17.9 Å². The molecule has 4 N–H and O–H groups in total. The number of aromatic nitrogens is 6. The number of benzene rings is 1. The zero-order valence-corrected chi connectivity index (χ0v) is 25.9. The zero-order valence-electron chi connectivity index (χ0n) is 25.1. The fourth-order valence-electron chi connectivity index (χ4n) is 5.11. The van der Waals surface area contributed by atoms with Crippen LogP contribution in [-0.4, -0.2) is 50.7 Å². The third-order valence-electron chi connectivity index (χ3n) is 7.02. The van der Waals surface area contributed by atoms with Gasteiger partial charge in [-0.15, -0.1) is 0 Å². The van der Waals surface area contributed by atoms with Gasteiger partial charge in [0.2, 0.25) is 15.9 Å². The van der Waals surface area contributed by atoms with E-state index in [1.165, 1.54) is 12.1 Å². The molecule has 0 aliphatic heterocycles. The van der Waals surface area contributed by atoms with Crippen LogP contribution in [-0.2, 0) is 21.4 Å². The Labute approximate surface area is 258 Å². The monoisotopic (exact) mass is 626 g/mol. The van der Waals surface area contributed by atoms with Crippen LogP contribution in [0.15, 0.2) is 67.3 Å². The molecule has 0 unspecified atom stereocenters. The number of carbonyl (C=O) groups is 1. The highest BCUT2D eigenvalue weighted by Crippen LogP contribution is 2.34. The molecule has 0 saturated heterocycles. The van der Waals surface area contributed by atoms with E-state index in [1.54, 1.807) is 30.9 Å². The van der Waals surface area contributed by atoms with E-state index in [9.17, 15) is 17.6 Å². The van der Waals surface area contributed by atoms with Crippen LogP contribution in [0.5, 0.6) is 0 Å². The molecule has 1 amide bonds. The maximum Gasteiger partial charge on any atom is 0.224 e. The van der Waals surface area contributed by atoms with Crippen molar-refractivity contribution in [2.75, 3.05) is 11.6 Å². The summed E-state index contributed by atoms with van der Waals surface area (Å²) < 4.78 is 40.2. The van der Waals surface area contributed by atoms with Crippen molar-refractivity contribution in [1.82, 2.24) is 34.9 Å². The van der Waals surface area contributed by atoms with Crippen molar-refractivity contribution in [3.63, 3.8) is 0 Å². The smallest absolute Gasteiger partial charge is 0.224 e. The summed E-state index contributed by atoms with van der Waals surface area (Å²) in [5.74, 6) is -0.581. The Hall–Kier alpha value is -5.01. The summed E-state index contributed by atoms with van der Waals surface area (Å²) in [4.78, 5) is 29.4. The Kier molecular flexibility index (Phi) is 7.67. The molecule has 0 atom stereocenters. The minimum absolute atomic E-state index is 0.0413. The molecule has 0 radical (unpaired) electrons. The van der Waals surface area contributed by atoms with Crippen molar-refractivity contribution in [2.24, 2.45) is 5.41 Å². The van der Waals surface area contributed by atoms with E-state index in [0.717, 1.165) is 22.7 Å². The Bertz CT molecular complexity index is 2180. The lowest BCUT2D eigenvalue weighted by Crippen LogP contribution is -2.21. The number of halogens is 1. The maximum absolute atomic E-state index is 14.6. The molecular formula is C32H31FN8O3S. The summed E-state index contributed by atoms with van der Waals surface area (Å²) in [6.07, 6.45) is 8.04. The lowest BCUT2D eigenvalue weighted by Gasteiger charge is -2.17. The summed E-state index contributed by atoms with van der Waals surface area (Å²) in [6.45, 7) is 5.98. The van der Waals surface area contributed by atoms with Gasteiger partial charge in [-0.25, -0.2) is 22.5 Å². The molecule has 5 aromatic heterocycles. The number of fused-ring (bicyclic) bond motifs is 2. The van der Waals surface area contributed by atoms with Gasteiger partial charge in [-0.1, -0.05) is 20.8 Å². The number of hydrogen-bond acceptors (Lipinski definition) is 7. The van der Waals surface area contributed by atoms with E-state index in [4.69, 9.17) is 4.98 Å². The average molecular weight is 627 g/mol. The van der Waals surface area contributed by atoms with Gasteiger partial charge in [0.05, 0.1) is 46.8 Å². The number of hydrogen-bond donors (Lipinski definition) is 4. The quantitative estimate of drug-likeness (QED) is 0.166. The van der Waals surface area contributed by atoms with Gasteiger partial charge in [-0.3, -0.25) is 19.9 Å². The topological polar surface area (TPSA) is 158 Å². The minimum Gasteiger partial charge on any atom is -0.352 e. The predicted molar refractivity (Wildman–Crippen MR) is 172 cm³/mol. The largest absolute Gasteiger partial charge is 0.352 e. The number of H-pyrrole nitrogens is 2. The molecule has 0 saturated carbocycles. The summed E-state index contributed by atoms with van der Waals surface area (Å²) in [5.41, 5.74) is 6.82. The molecule has 5 heterocycles. The number of aromatic amines is 2. The third kappa shape index (κ3) is 6.89. The molecule has 6 rings (SSSR count). The molecule has 45 heavy (non-hydrogen) atoms. The average Bonchev–Trinajstić information content (AvgIpc) is 3.58. The van der Waals surface area contributed by atoms with Gasteiger partial charge in [0.1, 0.15) is 17.0 Å². The van der Waals surface area contributed by atoms with Gasteiger partial charge in [-0.2, -0.15) is 5.10 Å². The zero-order chi connectivity index (χ0) is 31.9. The summed E-state index contributed by atoms with van der Waals surface area (Å²) in [5, 5.41) is 11.3. The van der Waals surface area contributed by atoms with Crippen LogP contribution in [0.25, 0.3) is 55.7 Å². The third-order valence-corrected chi connectivity index (χ3v) is 7.69. The van der Waals surface area contributed by atoms with Crippen LogP contribution in [0.3, 0.4) is 0 Å². The number of nitrogens with one attached hydrogen (secondary N) is 4. The highest BCUT2D eigenvalue weighted by molar-refractivity contribution is 7.88. The van der Waals surface area contributed by atoms with Crippen LogP contribution in [0.4, 0.5) is 10.1 Å². The van der Waals surface area contributed by atoms with Crippen molar-refractivity contribution < 1.29 is 17.6 Å². The van der Waals surface area contributed by atoms with Crippen LogP contribution in [0, 0.1) is 11.2 Å². The number of amides is 1. The first-order valence-electron chi connectivity index (χ1n) is 14.1. The van der Waals surface area contributed by atoms with Crippen molar-refractivity contribution >= 4 is 43.6 Å². The Morgan fingerprint density at radius 2 is 1.76 bits per heavy atom. The van der Waals surface area contributed by atoms with Gasteiger partial charge in [0.15, 0.2) is 0 Å². The van der Waals surface area contributed by atoms with E-state index >= 15 is 0 Å². The Morgan fingerprint density at radius 3 is 2.53 bits per heavy atom. The molecule has 1 aromatic carbocycles. The molecule has 0 spiro atoms. The van der Waals surface area contributed by atoms with Crippen molar-refractivity contribution in [3.8, 4) is 33.8 Å². The van der Waals surface area contributed by atoms with Crippen LogP contribution in [0.2, 0.25) is 0 Å². The van der Waals surface area contributed by atoms with Crippen molar-refractivity contribution in [2.45, 2.75) is 33.7 Å². The lowest BCUT2D eigenvalue weighted by molar-refractivity contribution is -0.117. The number of pyridine rings is 3. The molecule has 0 aliphatic carbocycles. The summed E-state index contributed by atoms with van der Waals surface area (Å²) in [6, 6.07) is 11.9. The van der Waals surface area contributed by atoms with Crippen LogP contribution < -0.4 is 10.0 Å². The number of nitrogens with zero attached hydrogens (tertiary/aromatic N) is 4. The second kappa shape index (κ2) is 11.5. The second-order valence-corrected chi connectivity index (χ2v) is 14.0. The minimum atomic E-state index is -3.45. The molecule has 230 valence electrons. The highest BCUT2D eigenvalue weighted by Gasteiger charge is 2.18. The standard InChI is InChI=1S/C32H31FN8O3S/c1-32(2,3)12-29(42)37-22-10-20(14-34-15-22)25-5-6-26-30(39-25)31(41-40-26)27-11-23-24(16-35-17-28(23)38-27)19-7-18(8-21(33)9-19)13-36-45(4,43)44/h5-11,14-17,36,38H,12-13H2,1-4H3,(H,37,42)(H,40,41). The summed E-state index contributed by atoms with van der Waals surface area (Å²) in [7, 11) is -3.45. The van der Waals surface area contributed by atoms with Crippen LogP contribution in [0.1, 0.15) is 32.8 Å². The molecule has 13 heteroatoms. The summed E-state index contributed by atoms with van der Waals surface area (Å²) >= 11 is 0. The molecule has 11 nitrogen and oxygen atoms in total. The highest BCUT2D eigenvalue weighted by atomic mass is 32.2. The SMILES string of the molecule is CC(C)(C)CC(=O)Nc1cncc(-c2ccc3[nH]nc(-c4cc5c(-c6cc(F)cc(CNS(C)(=O)=O)c6)cncc5[nH]4)c3n2)c1. The van der Waals surface area contributed by atoms with E-state index < -0.39 is 15.8 Å². The van der Waals surface area contributed by atoms with Gasteiger partial charge < -0.3 is 10.3 Å². The Balaban J connectivity index is 1.34. The normalized spacial score (nSPS) is 12.2. The molecule has 6 aromatic rings. The van der Waals surface area contributed by atoms with E-state index in [1.807, 2.05) is 45.0 Å². The number of sulfonamides is 1. The number of rotatable bonds is 8. The van der Waals surface area contributed by atoms with Gasteiger partial charge in [0.25, 0.3) is 0 Å². The van der Waals surface area contributed by atoms with Gasteiger partial charge in [0, 0.05) is 41.9 Å². The molecule has 0 fully saturated rings. The van der Waals surface area contributed by atoms with Crippen molar-refractivity contribution in [1.29, 1.82) is 0 Å². The first-order chi connectivity index (χ1) is 21.3. The molecular weight excluding hydrogens is 595 g/mol. The number of anilines is 1. The van der Waals surface area contributed by atoms with E-state index in [2.05, 4.69) is 35.2 Å². The predicted octanol–water partition coefficient (Wildman–Crippen LogP) is 5.79. The first-order valence-corrected chi connectivity index (χ1v) is 16.0. The van der Waals surface area contributed by atoms with Gasteiger partial charge >= 0.3 is 0 Å². The maximum atomic E-state index is 14.6. The number of carbonyl (C=O) groups excluding carboxylic acids is 1. The second-order valence-electron chi connectivity index (χ2n) is 12.2. The van der Waals surface area contributed by atoms with Crippen molar-refractivity contribution in [3.05, 3.63) is 78.6 Å². The fraction of sp³-hybridized carbons (Fsp3) is 0.219. The lowest BCUT2D eigenvalue weighted by atomic mass is 9.92. The first kappa shape index (κ1) is 30.0. The molecule has 0 aliphatic rings. The van der Waals surface area contributed by atoms with Crippen LogP contribution >= 0.6 is 0 Å².